The van der Waals surface area contributed by atoms with Crippen molar-refractivity contribution in [2.75, 3.05) is 39.2 Å². The van der Waals surface area contributed by atoms with Crippen molar-refractivity contribution < 1.29 is 14.3 Å². The highest BCUT2D eigenvalue weighted by molar-refractivity contribution is 6.04. The summed E-state index contributed by atoms with van der Waals surface area (Å²) in [6.45, 7) is 8.65. The molecule has 166 valence electrons. The number of allylic oxidation sites excluding steroid dienone is 1. The van der Waals surface area contributed by atoms with Gasteiger partial charge in [0.15, 0.2) is 11.5 Å². The van der Waals surface area contributed by atoms with Gasteiger partial charge in [0.25, 0.3) is 0 Å². The molecule has 2 aromatic rings. The number of carbonyl (C=O) groups excluding carboxylic acids is 1. The Morgan fingerprint density at radius 1 is 1.03 bits per heavy atom. The van der Waals surface area contributed by atoms with Crippen LogP contribution >= 0.6 is 0 Å². The summed E-state index contributed by atoms with van der Waals surface area (Å²) < 4.78 is 11.2. The molecule has 0 radical (unpaired) electrons. The van der Waals surface area contributed by atoms with Crippen molar-refractivity contribution in [3.63, 3.8) is 0 Å². The lowest BCUT2D eigenvalue weighted by atomic mass is 9.86. The molecule has 5 heteroatoms. The zero-order valence-corrected chi connectivity index (χ0v) is 19.3. The molecule has 0 fully saturated rings. The van der Waals surface area contributed by atoms with Gasteiger partial charge < -0.3 is 19.7 Å². The fraction of sp³-hybridized carbons (Fsp3) is 0.423. The first-order chi connectivity index (χ1) is 14.7. The quantitative estimate of drug-likeness (QED) is 0.629. The molecule has 31 heavy (non-hydrogen) atoms. The minimum Gasteiger partial charge on any atom is -0.486 e. The average molecular weight is 423 g/mol. The van der Waals surface area contributed by atoms with E-state index in [1.54, 1.807) is 6.08 Å². The molecule has 2 aromatic carbocycles. The fourth-order valence-electron chi connectivity index (χ4n) is 3.53. The maximum atomic E-state index is 12.8. The molecule has 0 unspecified atom stereocenters. The molecule has 3 rings (SSSR count). The van der Waals surface area contributed by atoms with Crippen molar-refractivity contribution in [2.45, 2.75) is 39.0 Å². The molecule has 1 aliphatic rings. The van der Waals surface area contributed by atoms with Crippen LogP contribution in [0, 0.1) is 0 Å². The third-order valence-corrected chi connectivity index (χ3v) is 5.29. The first kappa shape index (κ1) is 22.9. The normalized spacial score (nSPS) is 13.9. The number of hydrogen-bond acceptors (Lipinski definition) is 4. The van der Waals surface area contributed by atoms with Gasteiger partial charge in [0.1, 0.15) is 13.2 Å². The predicted molar refractivity (Wildman–Crippen MR) is 127 cm³/mol. The molecular formula is C26H34N2O3. The standard InChI is InChI=1S/C26H34N2O3/c1-26(2,3)21-10-8-19(9-11-21)20(7-6-14-28(4)5)17-25(29)27-22-12-13-23-24(18-22)31-16-15-30-23/h8-13,17-18H,6-7,14-16H2,1-5H3,(H,27,29). The Bertz CT molecular complexity index is 925. The highest BCUT2D eigenvalue weighted by Gasteiger charge is 2.15. The minimum absolute atomic E-state index is 0.100. The van der Waals surface area contributed by atoms with Crippen LogP contribution in [0.4, 0.5) is 5.69 Å². The molecule has 0 aliphatic carbocycles. The zero-order valence-electron chi connectivity index (χ0n) is 19.3. The number of benzene rings is 2. The van der Waals surface area contributed by atoms with Crippen LogP contribution in [0.5, 0.6) is 11.5 Å². The first-order valence-electron chi connectivity index (χ1n) is 10.9. The maximum Gasteiger partial charge on any atom is 0.248 e. The lowest BCUT2D eigenvalue weighted by Crippen LogP contribution is -2.16. The van der Waals surface area contributed by atoms with Gasteiger partial charge in [0, 0.05) is 17.8 Å². The summed E-state index contributed by atoms with van der Waals surface area (Å²) in [4.78, 5) is 15.0. The number of anilines is 1. The van der Waals surface area contributed by atoms with Crippen LogP contribution in [0.1, 0.15) is 44.7 Å². The van der Waals surface area contributed by atoms with Gasteiger partial charge in [0.05, 0.1) is 0 Å². The second-order valence-electron chi connectivity index (χ2n) is 9.25. The monoisotopic (exact) mass is 422 g/mol. The summed E-state index contributed by atoms with van der Waals surface area (Å²) in [6.07, 6.45) is 3.54. The van der Waals surface area contributed by atoms with Gasteiger partial charge >= 0.3 is 0 Å². The van der Waals surface area contributed by atoms with Gasteiger partial charge in [-0.25, -0.2) is 0 Å². The number of fused-ring (bicyclic) bond motifs is 1. The first-order valence-corrected chi connectivity index (χ1v) is 10.9. The van der Waals surface area contributed by atoms with Gasteiger partial charge in [-0.3, -0.25) is 4.79 Å². The van der Waals surface area contributed by atoms with Crippen molar-refractivity contribution >= 4 is 17.2 Å². The van der Waals surface area contributed by atoms with E-state index in [4.69, 9.17) is 9.47 Å². The lowest BCUT2D eigenvalue weighted by molar-refractivity contribution is -0.111. The molecule has 1 amide bonds. The van der Waals surface area contributed by atoms with E-state index in [9.17, 15) is 4.79 Å². The Balaban J connectivity index is 1.78. The summed E-state index contributed by atoms with van der Waals surface area (Å²) in [5.74, 6) is 1.23. The predicted octanol–water partition coefficient (Wildman–Crippen LogP) is 5.12. The van der Waals surface area contributed by atoms with Gasteiger partial charge in [-0.2, -0.15) is 0 Å². The Kier molecular flexibility index (Phi) is 7.39. The van der Waals surface area contributed by atoms with Gasteiger partial charge in [0.2, 0.25) is 5.91 Å². The van der Waals surface area contributed by atoms with Crippen LogP contribution in [-0.4, -0.2) is 44.7 Å². The average Bonchev–Trinajstić information content (AvgIpc) is 2.72. The van der Waals surface area contributed by atoms with E-state index in [0.717, 1.165) is 30.5 Å². The summed E-state index contributed by atoms with van der Waals surface area (Å²) in [7, 11) is 4.13. The molecule has 0 saturated heterocycles. The Labute approximate surface area is 186 Å². The van der Waals surface area contributed by atoms with Crippen LogP contribution in [0.2, 0.25) is 0 Å². The van der Waals surface area contributed by atoms with E-state index in [0.29, 0.717) is 30.4 Å². The summed E-state index contributed by atoms with van der Waals surface area (Å²) >= 11 is 0. The number of nitrogens with one attached hydrogen (secondary N) is 1. The van der Waals surface area contributed by atoms with E-state index in [1.807, 2.05) is 18.2 Å². The zero-order chi connectivity index (χ0) is 22.4. The Hall–Kier alpha value is -2.79. The largest absolute Gasteiger partial charge is 0.486 e. The summed E-state index contributed by atoms with van der Waals surface area (Å²) in [5, 5.41) is 2.97. The molecule has 0 aromatic heterocycles. The molecular weight excluding hydrogens is 388 g/mol. The second-order valence-corrected chi connectivity index (χ2v) is 9.25. The molecule has 1 N–H and O–H groups in total. The highest BCUT2D eigenvalue weighted by Crippen LogP contribution is 2.33. The third kappa shape index (κ3) is 6.59. The molecule has 0 saturated carbocycles. The number of nitrogens with zero attached hydrogens (tertiary/aromatic N) is 1. The summed E-state index contributed by atoms with van der Waals surface area (Å²) in [5.41, 5.74) is 4.20. The Morgan fingerprint density at radius 2 is 1.71 bits per heavy atom. The van der Waals surface area contributed by atoms with E-state index in [1.165, 1.54) is 5.56 Å². The Morgan fingerprint density at radius 3 is 2.35 bits per heavy atom. The molecule has 1 heterocycles. The lowest BCUT2D eigenvalue weighted by Gasteiger charge is -2.20. The number of carbonyl (C=O) groups is 1. The number of ether oxygens (including phenoxy) is 2. The number of rotatable bonds is 7. The van der Waals surface area contributed by atoms with Crippen molar-refractivity contribution in [2.24, 2.45) is 0 Å². The molecule has 0 bridgehead atoms. The molecule has 0 spiro atoms. The molecule has 1 aliphatic heterocycles. The van der Waals surface area contributed by atoms with Gasteiger partial charge in [-0.05, 0) is 67.7 Å². The fourth-order valence-corrected chi connectivity index (χ4v) is 3.53. The second kappa shape index (κ2) is 10.0. The number of hydrogen-bond donors (Lipinski definition) is 1. The van der Waals surface area contributed by atoms with Crippen LogP contribution in [0.25, 0.3) is 5.57 Å². The highest BCUT2D eigenvalue weighted by atomic mass is 16.6. The SMILES string of the molecule is CN(C)CCCC(=CC(=O)Nc1ccc2c(c1)OCCO2)c1ccc(C(C)(C)C)cc1. The van der Waals surface area contributed by atoms with Crippen LogP contribution in [0.3, 0.4) is 0 Å². The summed E-state index contributed by atoms with van der Waals surface area (Å²) in [6, 6.07) is 14.0. The van der Waals surface area contributed by atoms with Crippen LogP contribution in [0.15, 0.2) is 48.5 Å². The number of amides is 1. The van der Waals surface area contributed by atoms with E-state index >= 15 is 0 Å². The van der Waals surface area contributed by atoms with Gasteiger partial charge in [-0.1, -0.05) is 45.0 Å². The topological polar surface area (TPSA) is 50.8 Å². The van der Waals surface area contributed by atoms with Crippen LogP contribution in [-0.2, 0) is 10.2 Å². The van der Waals surface area contributed by atoms with Crippen LogP contribution < -0.4 is 14.8 Å². The van der Waals surface area contributed by atoms with Crippen molar-refractivity contribution in [1.82, 2.24) is 4.90 Å². The minimum atomic E-state index is -0.142. The van der Waals surface area contributed by atoms with Crippen molar-refractivity contribution in [3.05, 3.63) is 59.7 Å². The van der Waals surface area contributed by atoms with Crippen molar-refractivity contribution in [3.8, 4) is 11.5 Å². The van der Waals surface area contributed by atoms with Gasteiger partial charge in [-0.15, -0.1) is 0 Å². The molecule has 5 nitrogen and oxygen atoms in total. The molecule has 0 atom stereocenters. The smallest absolute Gasteiger partial charge is 0.248 e. The third-order valence-electron chi connectivity index (χ3n) is 5.29. The van der Waals surface area contributed by atoms with E-state index in [-0.39, 0.29) is 11.3 Å². The van der Waals surface area contributed by atoms with E-state index < -0.39 is 0 Å². The van der Waals surface area contributed by atoms with Crippen molar-refractivity contribution in [1.29, 1.82) is 0 Å². The van der Waals surface area contributed by atoms with E-state index in [2.05, 4.69) is 69.3 Å². The maximum absolute atomic E-state index is 12.8.